The summed E-state index contributed by atoms with van der Waals surface area (Å²) < 4.78 is 26.9. The number of hydrogen-bond acceptors (Lipinski definition) is 3. The second-order valence-corrected chi connectivity index (χ2v) is 7.83. The molecule has 0 aromatic heterocycles. The Balaban J connectivity index is 2.40. The van der Waals surface area contributed by atoms with Gasteiger partial charge >= 0.3 is 0 Å². The van der Waals surface area contributed by atoms with Crippen molar-refractivity contribution in [1.82, 2.24) is 4.31 Å². The lowest BCUT2D eigenvalue weighted by atomic mass is 9.96. The fourth-order valence-corrected chi connectivity index (χ4v) is 4.91. The molecule has 112 valence electrons. The molecule has 0 spiro atoms. The van der Waals surface area contributed by atoms with E-state index < -0.39 is 10.0 Å². The zero-order valence-corrected chi connectivity index (χ0v) is 13.4. The quantitative estimate of drug-likeness (QED) is 0.922. The van der Waals surface area contributed by atoms with E-state index in [4.69, 9.17) is 23.2 Å². The van der Waals surface area contributed by atoms with Crippen LogP contribution in [0.5, 0.6) is 0 Å². The number of sulfonamides is 1. The number of piperidine rings is 1. The Bertz CT molecular complexity index is 591. The van der Waals surface area contributed by atoms with Gasteiger partial charge < -0.3 is 5.11 Å². The van der Waals surface area contributed by atoms with Crippen molar-refractivity contribution < 1.29 is 13.5 Å². The Morgan fingerprint density at radius 3 is 2.70 bits per heavy atom. The maximum absolute atomic E-state index is 12.7. The van der Waals surface area contributed by atoms with Crippen LogP contribution in [0.1, 0.15) is 19.8 Å². The van der Waals surface area contributed by atoms with Gasteiger partial charge in [0.15, 0.2) is 0 Å². The average Bonchev–Trinajstić information content (AvgIpc) is 2.41. The van der Waals surface area contributed by atoms with Crippen LogP contribution in [-0.2, 0) is 10.0 Å². The summed E-state index contributed by atoms with van der Waals surface area (Å²) in [6, 6.07) is 4.29. The Morgan fingerprint density at radius 2 is 2.05 bits per heavy atom. The van der Waals surface area contributed by atoms with Gasteiger partial charge in [0.25, 0.3) is 0 Å². The Labute approximate surface area is 129 Å². The first-order valence-corrected chi connectivity index (χ1v) is 8.63. The number of aliphatic hydroxyl groups excluding tert-OH is 1. The predicted octanol–water partition coefficient (Wildman–Crippen LogP) is 2.77. The molecule has 0 radical (unpaired) electrons. The molecule has 2 unspecified atom stereocenters. The van der Waals surface area contributed by atoms with E-state index in [0.29, 0.717) is 11.6 Å². The molecule has 1 saturated heterocycles. The smallest absolute Gasteiger partial charge is 0.244 e. The average molecular weight is 338 g/mol. The van der Waals surface area contributed by atoms with Crippen molar-refractivity contribution in [2.75, 3.05) is 13.2 Å². The fourth-order valence-electron chi connectivity index (χ4n) is 2.43. The highest BCUT2D eigenvalue weighted by Gasteiger charge is 2.35. The maximum atomic E-state index is 12.7. The van der Waals surface area contributed by atoms with Gasteiger partial charge in [0.05, 0.1) is 5.02 Å². The second-order valence-electron chi connectivity index (χ2n) is 5.12. The molecule has 2 rings (SSSR count). The summed E-state index contributed by atoms with van der Waals surface area (Å²) in [5.74, 6) is -0.0288. The van der Waals surface area contributed by atoms with Gasteiger partial charge in [0.1, 0.15) is 4.90 Å². The van der Waals surface area contributed by atoms with Gasteiger partial charge in [-0.1, -0.05) is 23.2 Å². The molecular formula is C13H17Cl2NO3S. The Kier molecular flexibility index (Phi) is 4.97. The normalized spacial score (nSPS) is 24.8. The van der Waals surface area contributed by atoms with E-state index in [1.165, 1.54) is 16.4 Å². The molecule has 20 heavy (non-hydrogen) atoms. The van der Waals surface area contributed by atoms with Crippen LogP contribution in [0.25, 0.3) is 0 Å². The molecule has 1 aliphatic heterocycles. The largest absolute Gasteiger partial charge is 0.396 e. The lowest BCUT2D eigenvalue weighted by molar-refractivity contribution is 0.139. The van der Waals surface area contributed by atoms with E-state index in [-0.39, 0.29) is 28.5 Å². The van der Waals surface area contributed by atoms with Crippen molar-refractivity contribution in [1.29, 1.82) is 0 Å². The number of benzene rings is 1. The van der Waals surface area contributed by atoms with Crippen molar-refractivity contribution in [3.8, 4) is 0 Å². The summed E-state index contributed by atoms with van der Waals surface area (Å²) in [6.07, 6.45) is 1.55. The van der Waals surface area contributed by atoms with E-state index in [9.17, 15) is 13.5 Å². The molecule has 1 aromatic carbocycles. The minimum absolute atomic E-state index is 0.0119. The highest BCUT2D eigenvalue weighted by Crippen LogP contribution is 2.32. The van der Waals surface area contributed by atoms with Crippen LogP contribution in [-0.4, -0.2) is 37.0 Å². The molecular weight excluding hydrogens is 321 g/mol. The standard InChI is InChI=1S/C13H17Cl2NO3S/c1-9-2-3-10(8-17)7-16(9)20(18,19)13-6-11(14)4-5-12(13)15/h4-6,9-10,17H,2-3,7-8H2,1H3. The Hall–Kier alpha value is -0.330. The SMILES string of the molecule is CC1CCC(CO)CN1S(=O)(=O)c1cc(Cl)ccc1Cl. The third-order valence-electron chi connectivity index (χ3n) is 3.66. The number of aliphatic hydroxyl groups is 1. The van der Waals surface area contributed by atoms with Crippen molar-refractivity contribution in [2.24, 2.45) is 5.92 Å². The third kappa shape index (κ3) is 3.12. The summed E-state index contributed by atoms with van der Waals surface area (Å²) in [4.78, 5) is 0.0251. The molecule has 1 N–H and O–H groups in total. The van der Waals surface area contributed by atoms with Crippen LogP contribution >= 0.6 is 23.2 Å². The molecule has 4 nitrogen and oxygen atoms in total. The van der Waals surface area contributed by atoms with Gasteiger partial charge in [0.2, 0.25) is 10.0 Å². The van der Waals surface area contributed by atoms with Gasteiger partial charge in [-0.15, -0.1) is 0 Å². The first-order chi connectivity index (χ1) is 9.36. The van der Waals surface area contributed by atoms with Crippen molar-refractivity contribution >= 4 is 33.2 Å². The number of rotatable bonds is 3. The molecule has 0 amide bonds. The second kappa shape index (κ2) is 6.20. The van der Waals surface area contributed by atoms with Gasteiger partial charge in [-0.2, -0.15) is 4.31 Å². The predicted molar refractivity (Wildman–Crippen MR) is 79.6 cm³/mol. The molecule has 0 saturated carbocycles. The van der Waals surface area contributed by atoms with E-state index in [0.717, 1.165) is 12.8 Å². The summed E-state index contributed by atoms with van der Waals surface area (Å²) in [6.45, 7) is 2.16. The van der Waals surface area contributed by atoms with Crippen molar-refractivity contribution in [3.63, 3.8) is 0 Å². The van der Waals surface area contributed by atoms with Crippen LogP contribution in [0, 0.1) is 5.92 Å². The van der Waals surface area contributed by atoms with Gasteiger partial charge in [-0.25, -0.2) is 8.42 Å². The lowest BCUT2D eigenvalue weighted by Crippen LogP contribution is -2.46. The molecule has 1 heterocycles. The minimum Gasteiger partial charge on any atom is -0.396 e. The van der Waals surface area contributed by atoms with Crippen LogP contribution < -0.4 is 0 Å². The van der Waals surface area contributed by atoms with Crippen molar-refractivity contribution in [3.05, 3.63) is 28.2 Å². The lowest BCUT2D eigenvalue weighted by Gasteiger charge is -2.36. The first-order valence-electron chi connectivity index (χ1n) is 6.44. The van der Waals surface area contributed by atoms with Crippen LogP contribution in [0.4, 0.5) is 0 Å². The monoisotopic (exact) mass is 337 g/mol. The summed E-state index contributed by atoms with van der Waals surface area (Å²) >= 11 is 11.9. The third-order valence-corrected chi connectivity index (χ3v) is 6.36. The van der Waals surface area contributed by atoms with Crippen LogP contribution in [0.2, 0.25) is 10.0 Å². The number of halogens is 2. The molecule has 1 fully saturated rings. The number of nitrogens with zero attached hydrogens (tertiary/aromatic N) is 1. The summed E-state index contributed by atoms with van der Waals surface area (Å²) in [5, 5.41) is 9.75. The highest BCUT2D eigenvalue weighted by molar-refractivity contribution is 7.89. The van der Waals surface area contributed by atoms with E-state index in [1.54, 1.807) is 6.07 Å². The molecule has 2 atom stereocenters. The fraction of sp³-hybridized carbons (Fsp3) is 0.538. The zero-order chi connectivity index (χ0) is 14.9. The topological polar surface area (TPSA) is 57.6 Å². The molecule has 7 heteroatoms. The molecule has 1 aromatic rings. The van der Waals surface area contributed by atoms with Gasteiger partial charge in [0, 0.05) is 24.2 Å². The minimum atomic E-state index is -3.70. The first kappa shape index (κ1) is 16.0. The van der Waals surface area contributed by atoms with Gasteiger partial charge in [-0.05, 0) is 43.9 Å². The van der Waals surface area contributed by atoms with E-state index >= 15 is 0 Å². The number of hydrogen-bond donors (Lipinski definition) is 1. The highest BCUT2D eigenvalue weighted by atomic mass is 35.5. The molecule has 1 aliphatic rings. The molecule has 0 aliphatic carbocycles. The van der Waals surface area contributed by atoms with E-state index in [1.807, 2.05) is 6.92 Å². The van der Waals surface area contributed by atoms with Crippen molar-refractivity contribution in [2.45, 2.75) is 30.7 Å². The van der Waals surface area contributed by atoms with Crippen LogP contribution in [0.15, 0.2) is 23.1 Å². The molecule has 0 bridgehead atoms. The maximum Gasteiger partial charge on any atom is 0.244 e. The zero-order valence-electron chi connectivity index (χ0n) is 11.1. The van der Waals surface area contributed by atoms with Crippen LogP contribution in [0.3, 0.4) is 0 Å². The Morgan fingerprint density at radius 1 is 1.35 bits per heavy atom. The summed E-state index contributed by atoms with van der Waals surface area (Å²) in [7, 11) is -3.70. The van der Waals surface area contributed by atoms with E-state index in [2.05, 4.69) is 0 Å². The summed E-state index contributed by atoms with van der Waals surface area (Å²) in [5.41, 5.74) is 0. The van der Waals surface area contributed by atoms with Gasteiger partial charge in [-0.3, -0.25) is 0 Å².